The Hall–Kier alpha value is -1.48. The normalized spacial score (nSPS) is 18.0. The molecule has 0 saturated carbocycles. The second kappa shape index (κ2) is 7.51. The van der Waals surface area contributed by atoms with E-state index in [-0.39, 0.29) is 6.04 Å². The molecule has 1 unspecified atom stereocenters. The number of aliphatic hydroxyl groups is 2. The maximum Gasteiger partial charge on any atom is 0.213 e. The first kappa shape index (κ1) is 15.9. The predicted molar refractivity (Wildman–Crippen MR) is 79.0 cm³/mol. The van der Waals surface area contributed by atoms with Crippen molar-refractivity contribution in [3.8, 4) is 0 Å². The van der Waals surface area contributed by atoms with Crippen molar-refractivity contribution in [2.45, 2.75) is 19.4 Å². The molecule has 0 spiro atoms. The van der Waals surface area contributed by atoms with E-state index in [9.17, 15) is 0 Å². The molecule has 118 valence electrons. The number of anilines is 2. The Morgan fingerprint density at radius 1 is 1.29 bits per heavy atom. The van der Waals surface area contributed by atoms with Gasteiger partial charge in [-0.1, -0.05) is 0 Å². The fraction of sp³-hybridized carbons (Fsp3) is 0.692. The highest BCUT2D eigenvalue weighted by atomic mass is 16.5. The molecule has 21 heavy (non-hydrogen) atoms. The summed E-state index contributed by atoms with van der Waals surface area (Å²) < 4.78 is 5.09. The second-order valence-corrected chi connectivity index (χ2v) is 5.13. The SMILES string of the molecule is COCC(C)Nc1cc(N2CCN(C(O)O)CC2)ncn1. The number of hydrogen-bond acceptors (Lipinski definition) is 8. The van der Waals surface area contributed by atoms with Gasteiger partial charge < -0.3 is 25.2 Å². The lowest BCUT2D eigenvalue weighted by Gasteiger charge is -2.35. The van der Waals surface area contributed by atoms with Gasteiger partial charge in [0.15, 0.2) is 0 Å². The molecule has 2 heterocycles. The van der Waals surface area contributed by atoms with Crippen LogP contribution in [-0.2, 0) is 4.74 Å². The smallest absolute Gasteiger partial charge is 0.213 e. The van der Waals surface area contributed by atoms with Crippen molar-refractivity contribution in [3.63, 3.8) is 0 Å². The molecule has 8 heteroatoms. The second-order valence-electron chi connectivity index (χ2n) is 5.13. The summed E-state index contributed by atoms with van der Waals surface area (Å²) >= 11 is 0. The molecule has 1 atom stereocenters. The van der Waals surface area contributed by atoms with E-state index in [2.05, 4.69) is 20.2 Å². The number of methoxy groups -OCH3 is 1. The average molecular weight is 297 g/mol. The Balaban J connectivity index is 1.95. The van der Waals surface area contributed by atoms with E-state index in [4.69, 9.17) is 14.9 Å². The van der Waals surface area contributed by atoms with E-state index in [1.54, 1.807) is 12.0 Å². The summed E-state index contributed by atoms with van der Waals surface area (Å²) in [5.41, 5.74) is 0. The number of hydrogen-bond donors (Lipinski definition) is 3. The van der Waals surface area contributed by atoms with Gasteiger partial charge in [-0.3, -0.25) is 4.90 Å². The lowest BCUT2D eigenvalue weighted by Crippen LogP contribution is -2.50. The summed E-state index contributed by atoms with van der Waals surface area (Å²) in [5, 5.41) is 21.5. The summed E-state index contributed by atoms with van der Waals surface area (Å²) in [6, 6.07) is 2.07. The van der Waals surface area contributed by atoms with Crippen LogP contribution in [0, 0.1) is 0 Å². The van der Waals surface area contributed by atoms with Gasteiger partial charge >= 0.3 is 0 Å². The van der Waals surface area contributed by atoms with Gasteiger partial charge in [0.05, 0.1) is 6.61 Å². The maximum absolute atomic E-state index is 9.14. The molecule has 0 aliphatic carbocycles. The predicted octanol–water partition coefficient (Wildman–Crippen LogP) is -0.686. The Morgan fingerprint density at radius 3 is 2.62 bits per heavy atom. The van der Waals surface area contributed by atoms with Crippen molar-refractivity contribution in [1.29, 1.82) is 0 Å². The Kier molecular flexibility index (Phi) is 5.68. The zero-order valence-corrected chi connectivity index (χ0v) is 12.4. The minimum atomic E-state index is -1.38. The van der Waals surface area contributed by atoms with Crippen LogP contribution in [0.25, 0.3) is 0 Å². The number of rotatable bonds is 6. The first-order chi connectivity index (χ1) is 10.1. The highest BCUT2D eigenvalue weighted by Crippen LogP contribution is 2.17. The van der Waals surface area contributed by atoms with Crippen LogP contribution in [0.2, 0.25) is 0 Å². The van der Waals surface area contributed by atoms with Gasteiger partial charge in [0, 0.05) is 45.4 Å². The van der Waals surface area contributed by atoms with Gasteiger partial charge in [-0.25, -0.2) is 9.97 Å². The zero-order chi connectivity index (χ0) is 15.2. The number of aliphatic hydroxyl groups excluding tert-OH is 1. The molecule has 0 aromatic carbocycles. The summed E-state index contributed by atoms with van der Waals surface area (Å²) in [6.45, 7) is 5.19. The van der Waals surface area contributed by atoms with Gasteiger partial charge in [0.25, 0.3) is 0 Å². The molecule has 1 saturated heterocycles. The van der Waals surface area contributed by atoms with E-state index in [1.807, 2.05) is 13.0 Å². The highest BCUT2D eigenvalue weighted by molar-refractivity contribution is 5.49. The van der Waals surface area contributed by atoms with Crippen LogP contribution in [0.3, 0.4) is 0 Å². The quantitative estimate of drug-likeness (QED) is 0.594. The molecule has 1 aliphatic rings. The summed E-state index contributed by atoms with van der Waals surface area (Å²) in [4.78, 5) is 12.2. The van der Waals surface area contributed by atoms with Crippen molar-refractivity contribution >= 4 is 11.6 Å². The van der Waals surface area contributed by atoms with E-state index < -0.39 is 6.41 Å². The fourth-order valence-electron chi connectivity index (χ4n) is 2.32. The standard InChI is InChI=1S/C13H23N5O3/c1-10(8-21-2)16-11-7-12(15-9-14-11)17-3-5-18(6-4-17)13(19)20/h7,9-10,13,19-20H,3-6,8H2,1-2H3,(H,14,15,16). The molecular formula is C13H23N5O3. The molecule has 2 rings (SSSR count). The molecule has 1 aromatic rings. The molecule has 1 aliphatic heterocycles. The van der Waals surface area contributed by atoms with Crippen LogP contribution < -0.4 is 10.2 Å². The van der Waals surface area contributed by atoms with Crippen molar-refractivity contribution in [2.75, 3.05) is 50.1 Å². The lowest BCUT2D eigenvalue weighted by molar-refractivity contribution is -0.156. The minimum Gasteiger partial charge on any atom is -0.383 e. The molecule has 1 fully saturated rings. The monoisotopic (exact) mass is 297 g/mol. The van der Waals surface area contributed by atoms with Crippen molar-refractivity contribution in [2.24, 2.45) is 0 Å². The Morgan fingerprint density at radius 2 is 2.00 bits per heavy atom. The van der Waals surface area contributed by atoms with Crippen LogP contribution in [-0.4, -0.2) is 77.4 Å². The van der Waals surface area contributed by atoms with Gasteiger partial charge in [0.2, 0.25) is 6.41 Å². The average Bonchev–Trinajstić information content (AvgIpc) is 2.48. The Labute approximate surface area is 124 Å². The van der Waals surface area contributed by atoms with Crippen molar-refractivity contribution in [3.05, 3.63) is 12.4 Å². The number of ether oxygens (including phenoxy) is 1. The lowest BCUT2D eigenvalue weighted by atomic mass is 10.3. The first-order valence-electron chi connectivity index (χ1n) is 7.03. The highest BCUT2D eigenvalue weighted by Gasteiger charge is 2.21. The van der Waals surface area contributed by atoms with E-state index in [1.165, 1.54) is 6.33 Å². The summed E-state index contributed by atoms with van der Waals surface area (Å²) in [6.07, 6.45) is 0.148. The maximum atomic E-state index is 9.14. The topological polar surface area (TPSA) is 94.0 Å². The first-order valence-corrected chi connectivity index (χ1v) is 7.03. The third-order valence-electron chi connectivity index (χ3n) is 3.43. The zero-order valence-electron chi connectivity index (χ0n) is 12.4. The third-order valence-corrected chi connectivity index (χ3v) is 3.43. The fourth-order valence-corrected chi connectivity index (χ4v) is 2.32. The molecule has 0 bridgehead atoms. The molecule has 0 amide bonds. The summed E-state index contributed by atoms with van der Waals surface area (Å²) in [7, 11) is 1.67. The number of piperazine rings is 1. The molecule has 3 N–H and O–H groups in total. The van der Waals surface area contributed by atoms with Crippen LogP contribution >= 0.6 is 0 Å². The molecule has 8 nitrogen and oxygen atoms in total. The van der Waals surface area contributed by atoms with Crippen LogP contribution in [0.5, 0.6) is 0 Å². The van der Waals surface area contributed by atoms with Gasteiger partial charge in [-0.15, -0.1) is 0 Å². The van der Waals surface area contributed by atoms with E-state index in [0.717, 1.165) is 11.6 Å². The number of nitrogens with zero attached hydrogens (tertiary/aromatic N) is 4. The number of aromatic nitrogens is 2. The van der Waals surface area contributed by atoms with Crippen LogP contribution in [0.15, 0.2) is 12.4 Å². The van der Waals surface area contributed by atoms with Crippen LogP contribution in [0.1, 0.15) is 6.92 Å². The van der Waals surface area contributed by atoms with E-state index in [0.29, 0.717) is 32.8 Å². The minimum absolute atomic E-state index is 0.166. The van der Waals surface area contributed by atoms with Crippen molar-refractivity contribution < 1.29 is 14.9 Å². The largest absolute Gasteiger partial charge is 0.383 e. The Bertz CT molecular complexity index is 438. The number of nitrogens with one attached hydrogen (secondary N) is 1. The van der Waals surface area contributed by atoms with Gasteiger partial charge in [-0.05, 0) is 6.92 Å². The van der Waals surface area contributed by atoms with Crippen molar-refractivity contribution in [1.82, 2.24) is 14.9 Å². The molecule has 1 aromatic heterocycles. The van der Waals surface area contributed by atoms with Crippen LogP contribution in [0.4, 0.5) is 11.6 Å². The van der Waals surface area contributed by atoms with E-state index >= 15 is 0 Å². The van der Waals surface area contributed by atoms with Gasteiger partial charge in [-0.2, -0.15) is 0 Å². The van der Waals surface area contributed by atoms with Gasteiger partial charge in [0.1, 0.15) is 18.0 Å². The molecule has 0 radical (unpaired) electrons. The third kappa shape index (κ3) is 4.50. The summed E-state index contributed by atoms with van der Waals surface area (Å²) in [5.74, 6) is 1.60. The molecular weight excluding hydrogens is 274 g/mol.